The van der Waals surface area contributed by atoms with Crippen LogP contribution >= 0.6 is 12.4 Å². The maximum absolute atomic E-state index is 12.0. The van der Waals surface area contributed by atoms with Crippen LogP contribution in [0.1, 0.15) is 32.1 Å². The van der Waals surface area contributed by atoms with Crippen molar-refractivity contribution < 1.29 is 9.59 Å². The average molecular weight is 305 g/mol. The lowest BCUT2D eigenvalue weighted by Crippen LogP contribution is -2.64. The lowest BCUT2D eigenvalue weighted by atomic mass is 9.83. The monoisotopic (exact) mass is 304 g/mol. The summed E-state index contributed by atoms with van der Waals surface area (Å²) in [6.07, 6.45) is 4.74. The first-order chi connectivity index (χ1) is 9.10. The van der Waals surface area contributed by atoms with Crippen LogP contribution in [0.15, 0.2) is 0 Å². The van der Waals surface area contributed by atoms with E-state index in [1.807, 2.05) is 0 Å². The third kappa shape index (κ3) is 3.24. The maximum Gasteiger partial charge on any atom is 0.238 e. The van der Waals surface area contributed by atoms with Crippen LogP contribution in [0.25, 0.3) is 0 Å². The molecule has 2 rings (SSSR count). The van der Waals surface area contributed by atoms with E-state index in [-0.39, 0.29) is 30.8 Å². The molecule has 2 aliphatic rings. The number of nitrogens with zero attached hydrogens (tertiary/aromatic N) is 2. The molecule has 0 bridgehead atoms. The molecule has 0 atom stereocenters. The van der Waals surface area contributed by atoms with Gasteiger partial charge in [0, 0.05) is 13.1 Å². The van der Waals surface area contributed by atoms with Crippen molar-refractivity contribution >= 4 is 24.2 Å². The summed E-state index contributed by atoms with van der Waals surface area (Å²) in [5.41, 5.74) is 10.5. The van der Waals surface area contributed by atoms with Gasteiger partial charge in [-0.25, -0.2) is 0 Å². The molecule has 0 aromatic carbocycles. The second-order valence-corrected chi connectivity index (χ2v) is 5.53. The molecule has 0 aromatic rings. The minimum absolute atomic E-state index is 0. The molecule has 2 saturated heterocycles. The van der Waals surface area contributed by atoms with Crippen molar-refractivity contribution in [2.24, 2.45) is 11.5 Å². The maximum atomic E-state index is 12.0. The summed E-state index contributed by atoms with van der Waals surface area (Å²) in [5.74, 6) is -0.286. The van der Waals surface area contributed by atoms with Crippen molar-refractivity contribution in [3.63, 3.8) is 0 Å². The Bertz CT molecular complexity index is 350. The molecule has 2 heterocycles. The number of halogens is 1. The van der Waals surface area contributed by atoms with Crippen molar-refractivity contribution in [1.82, 2.24) is 9.80 Å². The first-order valence-corrected chi connectivity index (χ1v) is 7.13. The summed E-state index contributed by atoms with van der Waals surface area (Å²) in [5, 5.41) is 0. The van der Waals surface area contributed by atoms with E-state index in [4.69, 9.17) is 11.5 Å². The Morgan fingerprint density at radius 2 is 1.55 bits per heavy atom. The van der Waals surface area contributed by atoms with Gasteiger partial charge in [-0.1, -0.05) is 6.42 Å². The molecule has 20 heavy (non-hydrogen) atoms. The number of likely N-dealkylation sites (tertiary alicyclic amines) is 2. The number of piperidine rings is 2. The molecule has 0 radical (unpaired) electrons. The van der Waals surface area contributed by atoms with Gasteiger partial charge in [0.25, 0.3) is 0 Å². The molecule has 2 amide bonds. The zero-order valence-corrected chi connectivity index (χ0v) is 12.7. The molecule has 0 aromatic heterocycles. The summed E-state index contributed by atoms with van der Waals surface area (Å²) >= 11 is 0. The summed E-state index contributed by atoms with van der Waals surface area (Å²) in [6, 6.07) is 0. The van der Waals surface area contributed by atoms with E-state index in [1.165, 1.54) is 6.42 Å². The fourth-order valence-corrected chi connectivity index (χ4v) is 3.30. The van der Waals surface area contributed by atoms with E-state index in [0.717, 1.165) is 25.9 Å². The fraction of sp³-hybridized carbons (Fsp3) is 0.846. The molecule has 116 valence electrons. The molecule has 0 spiro atoms. The Balaban J connectivity index is 0.00000200. The normalized spacial score (nSPS) is 22.9. The molecular formula is C13H25ClN4O2. The number of rotatable bonds is 3. The van der Waals surface area contributed by atoms with E-state index in [2.05, 4.69) is 4.90 Å². The standard InChI is InChI=1S/C13H24N4O2.ClH/c14-10-11(18)16-8-4-13(5-9-16,12(15)19)17-6-2-1-3-7-17;/h1-10,14H2,(H2,15,19);1H. The summed E-state index contributed by atoms with van der Waals surface area (Å²) in [4.78, 5) is 27.5. The third-order valence-electron chi connectivity index (χ3n) is 4.54. The van der Waals surface area contributed by atoms with Crippen molar-refractivity contribution in [3.05, 3.63) is 0 Å². The van der Waals surface area contributed by atoms with E-state index in [0.29, 0.717) is 25.9 Å². The van der Waals surface area contributed by atoms with Gasteiger partial charge in [-0.3, -0.25) is 14.5 Å². The highest BCUT2D eigenvalue weighted by Crippen LogP contribution is 2.31. The molecule has 0 saturated carbocycles. The number of carbonyl (C=O) groups excluding carboxylic acids is 2. The Kier molecular flexibility index (Phi) is 6.23. The molecule has 0 aliphatic carbocycles. The second-order valence-electron chi connectivity index (χ2n) is 5.53. The van der Waals surface area contributed by atoms with Crippen LogP contribution in [0.5, 0.6) is 0 Å². The summed E-state index contributed by atoms with van der Waals surface area (Å²) in [6.45, 7) is 3.07. The molecule has 4 N–H and O–H groups in total. The fourth-order valence-electron chi connectivity index (χ4n) is 3.30. The van der Waals surface area contributed by atoms with Gasteiger partial charge in [-0.05, 0) is 38.8 Å². The average Bonchev–Trinajstić information content (AvgIpc) is 2.47. The topological polar surface area (TPSA) is 92.7 Å². The van der Waals surface area contributed by atoms with Crippen molar-refractivity contribution in [1.29, 1.82) is 0 Å². The van der Waals surface area contributed by atoms with Gasteiger partial charge in [0.15, 0.2) is 0 Å². The number of hydrogen-bond acceptors (Lipinski definition) is 4. The van der Waals surface area contributed by atoms with Gasteiger partial charge in [0.1, 0.15) is 5.54 Å². The number of nitrogens with two attached hydrogens (primary N) is 2. The van der Waals surface area contributed by atoms with Crippen LogP contribution in [0.3, 0.4) is 0 Å². The zero-order valence-electron chi connectivity index (χ0n) is 11.8. The SMILES string of the molecule is Cl.NCC(=O)N1CCC(C(N)=O)(N2CCCCC2)CC1. The summed E-state index contributed by atoms with van der Waals surface area (Å²) < 4.78 is 0. The van der Waals surface area contributed by atoms with Gasteiger partial charge in [-0.2, -0.15) is 0 Å². The Morgan fingerprint density at radius 3 is 2.00 bits per heavy atom. The molecule has 2 fully saturated rings. The Labute approximate surface area is 126 Å². The smallest absolute Gasteiger partial charge is 0.238 e. The van der Waals surface area contributed by atoms with Gasteiger partial charge >= 0.3 is 0 Å². The van der Waals surface area contributed by atoms with Crippen molar-refractivity contribution in [2.75, 3.05) is 32.7 Å². The van der Waals surface area contributed by atoms with Gasteiger partial charge in [-0.15, -0.1) is 12.4 Å². The number of amides is 2. The second kappa shape index (κ2) is 7.24. The number of carbonyl (C=O) groups is 2. The van der Waals surface area contributed by atoms with Crippen LogP contribution in [-0.2, 0) is 9.59 Å². The molecular weight excluding hydrogens is 280 g/mol. The van der Waals surface area contributed by atoms with Gasteiger partial charge in [0.05, 0.1) is 6.54 Å². The lowest BCUT2D eigenvalue weighted by Gasteiger charge is -2.48. The highest BCUT2D eigenvalue weighted by molar-refractivity contribution is 5.86. The molecule has 2 aliphatic heterocycles. The van der Waals surface area contributed by atoms with Crippen LogP contribution in [0, 0.1) is 0 Å². The van der Waals surface area contributed by atoms with E-state index < -0.39 is 5.54 Å². The van der Waals surface area contributed by atoms with E-state index in [9.17, 15) is 9.59 Å². The van der Waals surface area contributed by atoms with Crippen LogP contribution in [-0.4, -0.2) is 59.9 Å². The third-order valence-corrected chi connectivity index (χ3v) is 4.54. The number of primary amides is 1. The Morgan fingerprint density at radius 1 is 1.00 bits per heavy atom. The first kappa shape index (κ1) is 17.2. The molecule has 6 nitrogen and oxygen atoms in total. The Hall–Kier alpha value is -0.850. The minimum atomic E-state index is -0.550. The van der Waals surface area contributed by atoms with Crippen molar-refractivity contribution in [3.8, 4) is 0 Å². The summed E-state index contributed by atoms with van der Waals surface area (Å²) in [7, 11) is 0. The predicted octanol–water partition coefficient (Wildman–Crippen LogP) is -0.301. The van der Waals surface area contributed by atoms with Crippen molar-refractivity contribution in [2.45, 2.75) is 37.6 Å². The highest BCUT2D eigenvalue weighted by Gasteiger charge is 2.45. The molecule has 0 unspecified atom stereocenters. The number of hydrogen-bond donors (Lipinski definition) is 2. The minimum Gasteiger partial charge on any atom is -0.368 e. The largest absolute Gasteiger partial charge is 0.368 e. The van der Waals surface area contributed by atoms with Gasteiger partial charge in [0.2, 0.25) is 11.8 Å². The quantitative estimate of drug-likeness (QED) is 0.748. The van der Waals surface area contributed by atoms with Gasteiger partial charge < -0.3 is 16.4 Å². The highest BCUT2D eigenvalue weighted by atomic mass is 35.5. The lowest BCUT2D eigenvalue weighted by molar-refractivity contribution is -0.141. The van der Waals surface area contributed by atoms with Crippen LogP contribution < -0.4 is 11.5 Å². The molecule has 7 heteroatoms. The predicted molar refractivity (Wildman–Crippen MR) is 79.5 cm³/mol. The zero-order chi connectivity index (χ0) is 13.9. The van der Waals surface area contributed by atoms with E-state index in [1.54, 1.807) is 4.90 Å². The first-order valence-electron chi connectivity index (χ1n) is 7.13. The van der Waals surface area contributed by atoms with E-state index >= 15 is 0 Å². The van der Waals surface area contributed by atoms with Crippen LogP contribution in [0.2, 0.25) is 0 Å². The van der Waals surface area contributed by atoms with Crippen LogP contribution in [0.4, 0.5) is 0 Å².